The highest BCUT2D eigenvalue weighted by atomic mass is 35.5. The number of ether oxygens (including phenoxy) is 3. The number of esters is 1. The van der Waals surface area contributed by atoms with E-state index in [2.05, 4.69) is 4.99 Å². The number of halogens is 1. The smallest absolute Gasteiger partial charge is 0.338 e. The molecule has 1 atom stereocenters. The van der Waals surface area contributed by atoms with Crippen molar-refractivity contribution in [3.8, 4) is 11.5 Å². The van der Waals surface area contributed by atoms with Gasteiger partial charge >= 0.3 is 5.97 Å². The van der Waals surface area contributed by atoms with E-state index in [9.17, 15) is 9.59 Å². The van der Waals surface area contributed by atoms with Crippen molar-refractivity contribution in [3.63, 3.8) is 0 Å². The lowest BCUT2D eigenvalue weighted by Gasteiger charge is -2.24. The van der Waals surface area contributed by atoms with E-state index in [0.29, 0.717) is 37.1 Å². The second-order valence-corrected chi connectivity index (χ2v) is 8.91. The van der Waals surface area contributed by atoms with Gasteiger partial charge in [-0.05, 0) is 55.3 Å². The number of hydrogen-bond acceptors (Lipinski definition) is 7. The zero-order chi connectivity index (χ0) is 23.1. The number of carbonyl (C=O) groups excluding carboxylic acids is 1. The van der Waals surface area contributed by atoms with Crippen LogP contribution in [0.4, 0.5) is 0 Å². The third-order valence-corrected chi connectivity index (χ3v) is 6.63. The van der Waals surface area contributed by atoms with Gasteiger partial charge in [-0.25, -0.2) is 9.79 Å². The van der Waals surface area contributed by atoms with Crippen LogP contribution in [0, 0.1) is 0 Å². The summed E-state index contributed by atoms with van der Waals surface area (Å²) in [5.41, 5.74) is 2.15. The highest BCUT2D eigenvalue weighted by Crippen LogP contribution is 2.33. The van der Waals surface area contributed by atoms with Crippen molar-refractivity contribution in [2.45, 2.75) is 19.9 Å². The van der Waals surface area contributed by atoms with Crippen LogP contribution in [0.3, 0.4) is 0 Å². The maximum Gasteiger partial charge on any atom is 0.338 e. The zero-order valence-corrected chi connectivity index (χ0v) is 19.4. The second-order valence-electron chi connectivity index (χ2n) is 7.47. The number of thiazole rings is 1. The molecule has 2 aromatic carbocycles. The number of allylic oxidation sites excluding steroid dienone is 1. The first kappa shape index (κ1) is 21.5. The minimum Gasteiger partial charge on any atom is -0.463 e. The van der Waals surface area contributed by atoms with Gasteiger partial charge in [-0.3, -0.25) is 9.36 Å². The van der Waals surface area contributed by atoms with Gasteiger partial charge in [-0.1, -0.05) is 41.1 Å². The zero-order valence-electron chi connectivity index (χ0n) is 17.8. The quantitative estimate of drug-likeness (QED) is 0.534. The average molecular weight is 483 g/mol. The molecule has 3 aromatic rings. The third-order valence-electron chi connectivity index (χ3n) is 5.40. The van der Waals surface area contributed by atoms with Crippen molar-refractivity contribution in [2.75, 3.05) is 13.4 Å². The molecule has 0 radical (unpaired) electrons. The minimum atomic E-state index is -0.670. The highest BCUT2D eigenvalue weighted by molar-refractivity contribution is 7.07. The molecule has 0 fully saturated rings. The van der Waals surface area contributed by atoms with Crippen molar-refractivity contribution in [1.29, 1.82) is 0 Å². The van der Waals surface area contributed by atoms with Gasteiger partial charge < -0.3 is 14.2 Å². The lowest BCUT2D eigenvalue weighted by Crippen LogP contribution is -2.39. The van der Waals surface area contributed by atoms with Gasteiger partial charge in [0, 0.05) is 5.02 Å². The summed E-state index contributed by atoms with van der Waals surface area (Å²) in [5, 5.41) is 0.562. The Morgan fingerprint density at radius 1 is 1.24 bits per heavy atom. The first-order valence-corrected chi connectivity index (χ1v) is 11.5. The van der Waals surface area contributed by atoms with Gasteiger partial charge in [0.15, 0.2) is 16.3 Å². The molecule has 5 rings (SSSR count). The highest BCUT2D eigenvalue weighted by Gasteiger charge is 2.33. The van der Waals surface area contributed by atoms with Crippen LogP contribution >= 0.6 is 22.9 Å². The summed E-state index contributed by atoms with van der Waals surface area (Å²) in [7, 11) is 0. The lowest BCUT2D eigenvalue weighted by atomic mass is 9.96. The fourth-order valence-corrected chi connectivity index (χ4v) is 5.08. The fourth-order valence-electron chi connectivity index (χ4n) is 3.91. The van der Waals surface area contributed by atoms with Crippen LogP contribution in [0.1, 0.15) is 31.0 Å². The Morgan fingerprint density at radius 3 is 2.76 bits per heavy atom. The van der Waals surface area contributed by atoms with Gasteiger partial charge in [-0.15, -0.1) is 0 Å². The van der Waals surface area contributed by atoms with E-state index < -0.39 is 12.0 Å². The molecule has 7 nitrogen and oxygen atoms in total. The Labute approximate surface area is 197 Å². The molecule has 3 heterocycles. The van der Waals surface area contributed by atoms with E-state index in [1.165, 1.54) is 11.3 Å². The number of hydrogen-bond donors (Lipinski definition) is 0. The molecule has 168 valence electrons. The fraction of sp³-hybridized carbons (Fsp3) is 0.208. The topological polar surface area (TPSA) is 79.1 Å². The molecule has 0 amide bonds. The molecule has 0 unspecified atom stereocenters. The summed E-state index contributed by atoms with van der Waals surface area (Å²) in [6.45, 7) is 3.89. The van der Waals surface area contributed by atoms with Gasteiger partial charge in [-0.2, -0.15) is 0 Å². The maximum absolute atomic E-state index is 13.6. The van der Waals surface area contributed by atoms with Crippen molar-refractivity contribution in [2.24, 2.45) is 4.99 Å². The summed E-state index contributed by atoms with van der Waals surface area (Å²) in [6, 6.07) is 11.9. The van der Waals surface area contributed by atoms with E-state index in [0.717, 1.165) is 11.1 Å². The Balaban J connectivity index is 1.69. The van der Waals surface area contributed by atoms with Crippen molar-refractivity contribution < 1.29 is 19.0 Å². The SMILES string of the molecule is CCOC(=O)C1=C(C)N=c2s/c(=C/c3ccc4c(c3)OCO4)c(=O)n2[C@@H]1c1ccc(Cl)cc1. The Kier molecular flexibility index (Phi) is 5.55. The maximum atomic E-state index is 13.6. The summed E-state index contributed by atoms with van der Waals surface area (Å²) in [5.74, 6) is 0.811. The predicted octanol–water partition coefficient (Wildman–Crippen LogP) is 3.18. The molecule has 0 N–H and O–H groups in total. The van der Waals surface area contributed by atoms with E-state index in [1.807, 2.05) is 18.2 Å². The summed E-state index contributed by atoms with van der Waals surface area (Å²) in [4.78, 5) is 31.5. The molecule has 9 heteroatoms. The Bertz CT molecular complexity index is 1470. The van der Waals surface area contributed by atoms with Crippen LogP contribution in [-0.2, 0) is 9.53 Å². The summed E-state index contributed by atoms with van der Waals surface area (Å²) < 4.78 is 18.1. The first-order chi connectivity index (χ1) is 16.0. The van der Waals surface area contributed by atoms with Gasteiger partial charge in [0.1, 0.15) is 0 Å². The Hall–Kier alpha value is -3.36. The van der Waals surface area contributed by atoms with E-state index in [-0.39, 0.29) is 19.0 Å². The van der Waals surface area contributed by atoms with Crippen molar-refractivity contribution >= 4 is 35.0 Å². The Morgan fingerprint density at radius 2 is 2.00 bits per heavy atom. The molecule has 2 aliphatic heterocycles. The van der Waals surface area contributed by atoms with Crippen LogP contribution in [0.2, 0.25) is 5.02 Å². The number of nitrogens with zero attached hydrogens (tertiary/aromatic N) is 2. The van der Waals surface area contributed by atoms with E-state index in [4.69, 9.17) is 25.8 Å². The number of rotatable bonds is 4. The van der Waals surface area contributed by atoms with E-state index >= 15 is 0 Å². The van der Waals surface area contributed by atoms with Gasteiger partial charge in [0.2, 0.25) is 6.79 Å². The van der Waals surface area contributed by atoms with Crippen LogP contribution in [0.15, 0.2) is 63.5 Å². The summed E-state index contributed by atoms with van der Waals surface area (Å²) in [6.07, 6.45) is 1.79. The first-order valence-electron chi connectivity index (χ1n) is 10.3. The average Bonchev–Trinajstić information content (AvgIpc) is 3.37. The molecular weight excluding hydrogens is 464 g/mol. The molecular formula is C24H19ClN2O5S. The number of fused-ring (bicyclic) bond motifs is 2. The lowest BCUT2D eigenvalue weighted by molar-refractivity contribution is -0.139. The predicted molar refractivity (Wildman–Crippen MR) is 124 cm³/mol. The largest absolute Gasteiger partial charge is 0.463 e. The van der Waals surface area contributed by atoms with Crippen LogP contribution in [-0.4, -0.2) is 23.9 Å². The third kappa shape index (κ3) is 3.85. The van der Waals surface area contributed by atoms with Crippen molar-refractivity contribution in [1.82, 2.24) is 4.57 Å². The van der Waals surface area contributed by atoms with Crippen LogP contribution < -0.4 is 24.4 Å². The normalized spacial score (nSPS) is 17.1. The number of aromatic nitrogens is 1. The number of carbonyl (C=O) groups is 1. The molecule has 0 saturated carbocycles. The van der Waals surface area contributed by atoms with Crippen molar-refractivity contribution in [3.05, 3.63) is 89.6 Å². The van der Waals surface area contributed by atoms with Crippen LogP contribution in [0.5, 0.6) is 11.5 Å². The van der Waals surface area contributed by atoms with Gasteiger partial charge in [0.05, 0.1) is 28.5 Å². The molecule has 0 saturated heterocycles. The molecule has 33 heavy (non-hydrogen) atoms. The standard InChI is InChI=1S/C24H19ClN2O5S/c1-3-30-23(29)20-13(2)26-24-27(21(20)15-5-7-16(25)8-6-15)22(28)19(33-24)11-14-4-9-17-18(10-14)32-12-31-17/h4-11,21H,3,12H2,1-2H3/b19-11+/t21-/m1/s1. The van der Waals surface area contributed by atoms with Crippen LogP contribution in [0.25, 0.3) is 6.08 Å². The molecule has 0 bridgehead atoms. The molecule has 2 aliphatic rings. The number of benzene rings is 2. The molecule has 1 aromatic heterocycles. The molecule has 0 spiro atoms. The second kappa shape index (κ2) is 8.53. The van der Waals surface area contributed by atoms with E-state index in [1.54, 1.807) is 48.8 Å². The van der Waals surface area contributed by atoms with Gasteiger partial charge in [0.25, 0.3) is 5.56 Å². The monoisotopic (exact) mass is 482 g/mol. The minimum absolute atomic E-state index is 0.179. The summed E-state index contributed by atoms with van der Waals surface area (Å²) >= 11 is 7.35. The molecule has 0 aliphatic carbocycles.